The van der Waals surface area contributed by atoms with Crippen LogP contribution in [-0.4, -0.2) is 27.0 Å². The fourth-order valence-electron chi connectivity index (χ4n) is 3.06. The summed E-state index contributed by atoms with van der Waals surface area (Å²) in [5, 5.41) is 16.0. The van der Waals surface area contributed by atoms with E-state index in [1.165, 1.54) is 22.8 Å². The number of fused-ring (bicyclic) bond motifs is 1. The lowest BCUT2D eigenvalue weighted by atomic mass is 10.1. The number of furan rings is 1. The summed E-state index contributed by atoms with van der Waals surface area (Å²) in [6, 6.07) is 20.4. The zero-order chi connectivity index (χ0) is 20.7. The van der Waals surface area contributed by atoms with Crippen LogP contribution in [0, 0.1) is 5.41 Å². The van der Waals surface area contributed by atoms with Crippen molar-refractivity contribution in [2.24, 2.45) is 10.1 Å². The molecule has 0 saturated heterocycles. The van der Waals surface area contributed by atoms with Crippen LogP contribution in [0.4, 0.5) is 0 Å². The molecule has 0 bridgehead atoms. The molecule has 30 heavy (non-hydrogen) atoms. The summed E-state index contributed by atoms with van der Waals surface area (Å²) in [5.41, 5.74) is 1.84. The second kappa shape index (κ2) is 7.44. The second-order valence-corrected chi connectivity index (χ2v) is 7.90. The molecule has 0 radical (unpaired) electrons. The molecule has 6 nitrogen and oxygen atoms in total. The zero-order valence-electron chi connectivity index (χ0n) is 15.4. The summed E-state index contributed by atoms with van der Waals surface area (Å²) >= 11 is 7.31. The molecule has 0 fully saturated rings. The number of nitrogens with zero attached hydrogens (tertiary/aromatic N) is 3. The molecule has 1 amide bonds. The van der Waals surface area contributed by atoms with Crippen LogP contribution < -0.4 is 0 Å². The topological polar surface area (TPSA) is 82.0 Å². The molecule has 0 atom stereocenters. The van der Waals surface area contributed by atoms with Crippen molar-refractivity contribution in [2.75, 3.05) is 0 Å². The first kappa shape index (κ1) is 18.6. The molecule has 5 rings (SSSR count). The van der Waals surface area contributed by atoms with Crippen LogP contribution in [0.5, 0.6) is 0 Å². The highest BCUT2D eigenvalue weighted by molar-refractivity contribution is 8.27. The van der Waals surface area contributed by atoms with Gasteiger partial charge in [0.2, 0.25) is 5.17 Å². The summed E-state index contributed by atoms with van der Waals surface area (Å²) in [6.07, 6.45) is 1.51. The Balaban J connectivity index is 1.45. The van der Waals surface area contributed by atoms with Crippen molar-refractivity contribution in [1.29, 1.82) is 5.41 Å². The average molecular weight is 433 g/mol. The van der Waals surface area contributed by atoms with E-state index in [2.05, 4.69) is 10.1 Å². The molecule has 8 heteroatoms. The van der Waals surface area contributed by atoms with Crippen LogP contribution >= 0.6 is 23.4 Å². The van der Waals surface area contributed by atoms with E-state index in [4.69, 9.17) is 21.4 Å². The molecule has 0 unspecified atom stereocenters. The van der Waals surface area contributed by atoms with E-state index in [9.17, 15) is 4.79 Å². The number of carbonyl (C=O) groups is 1. The number of hydrazone groups is 1. The van der Waals surface area contributed by atoms with Gasteiger partial charge in [-0.25, -0.2) is 0 Å². The Morgan fingerprint density at radius 2 is 1.83 bits per heavy atom. The zero-order valence-corrected chi connectivity index (χ0v) is 16.9. The van der Waals surface area contributed by atoms with Crippen LogP contribution in [0.25, 0.3) is 17.4 Å². The third kappa shape index (κ3) is 3.38. The summed E-state index contributed by atoms with van der Waals surface area (Å²) in [7, 11) is 0. The Morgan fingerprint density at radius 3 is 2.63 bits per heavy atom. The molecular formula is C22H13ClN4O2S. The minimum atomic E-state index is -0.496. The Kier molecular flexibility index (Phi) is 4.61. The Hall–Kier alpha value is -3.42. The van der Waals surface area contributed by atoms with Crippen LogP contribution in [0.1, 0.15) is 11.3 Å². The maximum atomic E-state index is 12.6. The second-order valence-electron chi connectivity index (χ2n) is 6.50. The van der Waals surface area contributed by atoms with Gasteiger partial charge in [-0.2, -0.15) is 15.1 Å². The van der Waals surface area contributed by atoms with Crippen LogP contribution in [-0.2, 0) is 4.79 Å². The Morgan fingerprint density at radius 1 is 1.03 bits per heavy atom. The van der Waals surface area contributed by atoms with E-state index in [1.54, 1.807) is 24.3 Å². The number of amidine groups is 2. The first-order valence-corrected chi connectivity index (χ1v) is 10.2. The largest absolute Gasteiger partial charge is 0.457 e. The summed E-state index contributed by atoms with van der Waals surface area (Å²) < 4.78 is 5.83. The number of hydrogen-bond acceptors (Lipinski definition) is 5. The Bertz CT molecular complexity index is 1280. The first-order valence-electron chi connectivity index (χ1n) is 9.00. The number of thioether (sulfide) groups is 1. The van der Waals surface area contributed by atoms with Gasteiger partial charge in [0.15, 0.2) is 5.84 Å². The van der Waals surface area contributed by atoms with Gasteiger partial charge in [0, 0.05) is 16.1 Å². The van der Waals surface area contributed by atoms with Crippen LogP contribution in [0.2, 0.25) is 5.02 Å². The molecule has 3 aromatic rings. The number of amides is 1. The van der Waals surface area contributed by atoms with Crippen molar-refractivity contribution in [1.82, 2.24) is 5.01 Å². The number of rotatable bonds is 3. The standard InChI is InChI=1S/C22H13ClN4O2S/c23-15-8-4-7-14(11-15)18-10-9-16(29-18)12-17-19(24)27-22(25-20(17)28)30-21(26-27)13-5-2-1-3-6-13/h1-12,24H. The van der Waals surface area contributed by atoms with Gasteiger partial charge >= 0.3 is 0 Å². The molecule has 2 aliphatic rings. The number of hydrogen-bond donors (Lipinski definition) is 1. The van der Waals surface area contributed by atoms with Gasteiger partial charge in [0.1, 0.15) is 16.6 Å². The number of benzene rings is 2. The quantitative estimate of drug-likeness (QED) is 0.572. The SMILES string of the molecule is N=C1C(=Cc2ccc(-c3cccc(Cl)c3)o2)C(=O)N=C2SC(c3ccccc3)=NN12. The average Bonchev–Trinajstić information content (AvgIpc) is 3.39. The van der Waals surface area contributed by atoms with Crippen LogP contribution in [0.15, 0.2) is 86.8 Å². The fraction of sp³-hybridized carbons (Fsp3) is 0. The molecule has 0 aliphatic carbocycles. The van der Waals surface area contributed by atoms with E-state index < -0.39 is 5.91 Å². The normalized spacial score (nSPS) is 17.2. The molecule has 0 spiro atoms. The van der Waals surface area contributed by atoms with Crippen molar-refractivity contribution in [3.8, 4) is 11.3 Å². The van der Waals surface area contributed by atoms with Gasteiger partial charge in [-0.05, 0) is 42.1 Å². The van der Waals surface area contributed by atoms with Gasteiger partial charge in [-0.1, -0.05) is 54.1 Å². The molecule has 1 aromatic heterocycles. The highest BCUT2D eigenvalue weighted by atomic mass is 35.5. The van der Waals surface area contributed by atoms with Gasteiger partial charge in [0.05, 0.1) is 5.57 Å². The maximum Gasteiger partial charge on any atom is 0.283 e. The van der Waals surface area contributed by atoms with E-state index in [-0.39, 0.29) is 11.4 Å². The van der Waals surface area contributed by atoms with Gasteiger partial charge in [-0.3, -0.25) is 10.2 Å². The van der Waals surface area contributed by atoms with E-state index in [0.29, 0.717) is 26.8 Å². The lowest BCUT2D eigenvalue weighted by molar-refractivity contribution is -0.114. The number of nitrogens with one attached hydrogen (secondary N) is 1. The van der Waals surface area contributed by atoms with Crippen molar-refractivity contribution < 1.29 is 9.21 Å². The monoisotopic (exact) mass is 432 g/mol. The third-order valence-corrected chi connectivity index (χ3v) is 5.69. The van der Waals surface area contributed by atoms with E-state index in [0.717, 1.165) is 11.1 Å². The smallest absolute Gasteiger partial charge is 0.283 e. The summed E-state index contributed by atoms with van der Waals surface area (Å²) in [4.78, 5) is 16.7. The van der Waals surface area contributed by atoms with E-state index >= 15 is 0 Å². The molecule has 0 saturated carbocycles. The Labute approximate surface area is 181 Å². The third-order valence-electron chi connectivity index (χ3n) is 4.50. The predicted molar refractivity (Wildman–Crippen MR) is 120 cm³/mol. The molecule has 2 aromatic carbocycles. The highest BCUT2D eigenvalue weighted by Crippen LogP contribution is 2.31. The molecular weight excluding hydrogens is 420 g/mol. The summed E-state index contributed by atoms with van der Waals surface area (Å²) in [5.74, 6) is 0.522. The van der Waals surface area contributed by atoms with Crippen molar-refractivity contribution >= 4 is 51.4 Å². The van der Waals surface area contributed by atoms with E-state index in [1.807, 2.05) is 42.5 Å². The molecule has 1 N–H and O–H groups in total. The minimum absolute atomic E-state index is 0.0378. The van der Waals surface area contributed by atoms with Crippen molar-refractivity contribution in [2.45, 2.75) is 0 Å². The van der Waals surface area contributed by atoms with Gasteiger partial charge < -0.3 is 4.42 Å². The minimum Gasteiger partial charge on any atom is -0.457 e. The van der Waals surface area contributed by atoms with Gasteiger partial charge in [0.25, 0.3) is 5.91 Å². The number of carbonyl (C=O) groups excluding carboxylic acids is 1. The molecule has 146 valence electrons. The fourth-order valence-corrected chi connectivity index (χ4v) is 4.15. The maximum absolute atomic E-state index is 12.6. The lowest BCUT2D eigenvalue weighted by Gasteiger charge is -2.19. The molecule has 3 heterocycles. The summed E-state index contributed by atoms with van der Waals surface area (Å²) in [6.45, 7) is 0. The predicted octanol–water partition coefficient (Wildman–Crippen LogP) is 5.27. The van der Waals surface area contributed by atoms with Gasteiger partial charge in [-0.15, -0.1) is 0 Å². The first-order chi connectivity index (χ1) is 14.6. The van der Waals surface area contributed by atoms with Crippen molar-refractivity contribution in [3.63, 3.8) is 0 Å². The highest BCUT2D eigenvalue weighted by Gasteiger charge is 2.36. The van der Waals surface area contributed by atoms with Crippen molar-refractivity contribution in [3.05, 3.63) is 88.6 Å². The lowest BCUT2D eigenvalue weighted by Crippen LogP contribution is -2.35. The van der Waals surface area contributed by atoms with Crippen LogP contribution in [0.3, 0.4) is 0 Å². The molecule has 2 aliphatic heterocycles. The number of aliphatic imine (C=N–C) groups is 1. The number of halogens is 1.